The summed E-state index contributed by atoms with van der Waals surface area (Å²) in [5.41, 5.74) is 1.14. The fourth-order valence-electron chi connectivity index (χ4n) is 7.31. The molecule has 1 aromatic carbocycles. The van der Waals surface area contributed by atoms with Gasteiger partial charge < -0.3 is 14.5 Å². The van der Waals surface area contributed by atoms with Crippen LogP contribution in [0.15, 0.2) is 53.7 Å². The van der Waals surface area contributed by atoms with Crippen molar-refractivity contribution in [3.8, 4) is 11.1 Å². The molecule has 0 bridgehead atoms. The smallest absolute Gasteiger partial charge is 0.306 e. The van der Waals surface area contributed by atoms with E-state index in [4.69, 9.17) is 4.74 Å². The lowest BCUT2D eigenvalue weighted by Crippen LogP contribution is -2.49. The van der Waals surface area contributed by atoms with Gasteiger partial charge in [-0.3, -0.25) is 23.9 Å². The van der Waals surface area contributed by atoms with E-state index in [1.807, 2.05) is 61.4 Å². The first kappa shape index (κ1) is 35.3. The number of carbonyl (C=O) groups excluding carboxylic acids is 4. The Morgan fingerprint density at radius 3 is 2.33 bits per heavy atom. The second-order valence-corrected chi connectivity index (χ2v) is 18.0. The Morgan fingerprint density at radius 1 is 1.06 bits per heavy atom. The number of ketones is 1. The average Bonchev–Trinajstić information content (AvgIpc) is 3.79. The molecule has 49 heavy (non-hydrogen) atoms. The third-order valence-corrected chi connectivity index (χ3v) is 13.2. The zero-order chi connectivity index (χ0) is 35.1. The predicted molar refractivity (Wildman–Crippen MR) is 189 cm³/mol. The number of thiophene rings is 1. The number of anilines is 1. The Balaban J connectivity index is 1.26. The molecular formula is C37H47N3O7S2. The fraction of sp³-hybridized carbons (Fsp3) is 0.568. The minimum atomic E-state index is -3.81. The summed E-state index contributed by atoms with van der Waals surface area (Å²) >= 11 is 1.62. The standard InChI is InChI=1S/C37H47N3O7S2/c1-5-26-19-37(26,35(44)38-49(45,46)29-14-15-29)20-32(41)31-21-39(27-12-10-24(11-13-27)25-16-17-48-22-25)23-40(31)34(43)30(36(2,3)4)18-33(42)47-28-8-6-7-9-28/h5,10-13,16-17,22,26,28-31H,1,6-9,14-15,18-21,23H2,2-4H3,(H,38,44)/t26-,30-,31+,37-/m1/s1. The lowest BCUT2D eigenvalue weighted by atomic mass is 9.77. The van der Waals surface area contributed by atoms with Crippen molar-refractivity contribution < 1.29 is 32.3 Å². The van der Waals surface area contributed by atoms with Crippen LogP contribution in [0.3, 0.4) is 0 Å². The minimum absolute atomic E-state index is 0.102. The number of hydrogen-bond acceptors (Lipinski definition) is 9. The first-order valence-corrected chi connectivity index (χ1v) is 19.8. The lowest BCUT2D eigenvalue weighted by Gasteiger charge is -2.34. The van der Waals surface area contributed by atoms with Crippen molar-refractivity contribution in [1.29, 1.82) is 0 Å². The van der Waals surface area contributed by atoms with Crippen molar-refractivity contribution in [2.45, 2.75) is 96.0 Å². The summed E-state index contributed by atoms with van der Waals surface area (Å²) in [5, 5.41) is 3.51. The Hall–Kier alpha value is -3.51. The Kier molecular flexibility index (Phi) is 9.85. The van der Waals surface area contributed by atoms with Gasteiger partial charge in [0.1, 0.15) is 12.1 Å². The number of nitrogens with one attached hydrogen (secondary N) is 1. The van der Waals surface area contributed by atoms with Gasteiger partial charge in [-0.2, -0.15) is 11.3 Å². The van der Waals surface area contributed by atoms with Crippen LogP contribution in [0.1, 0.15) is 78.6 Å². The molecule has 4 fully saturated rings. The van der Waals surface area contributed by atoms with Crippen molar-refractivity contribution in [2.24, 2.45) is 22.7 Å². The van der Waals surface area contributed by atoms with Crippen molar-refractivity contribution in [1.82, 2.24) is 9.62 Å². The van der Waals surface area contributed by atoms with Gasteiger partial charge >= 0.3 is 5.97 Å². The number of allylic oxidation sites excluding steroid dienone is 1. The summed E-state index contributed by atoms with van der Waals surface area (Å²) in [6, 6.07) is 9.09. The van der Waals surface area contributed by atoms with Crippen molar-refractivity contribution in [2.75, 3.05) is 18.1 Å². The monoisotopic (exact) mass is 709 g/mol. The maximum absolute atomic E-state index is 14.5. The van der Waals surface area contributed by atoms with E-state index in [1.165, 1.54) is 0 Å². The number of rotatable bonds is 13. The molecule has 1 saturated heterocycles. The topological polar surface area (TPSA) is 130 Å². The van der Waals surface area contributed by atoms with E-state index in [9.17, 15) is 27.6 Å². The van der Waals surface area contributed by atoms with Gasteiger partial charge in [-0.25, -0.2) is 8.42 Å². The van der Waals surface area contributed by atoms with Crippen LogP contribution in [-0.2, 0) is 33.9 Å². The molecule has 10 nitrogen and oxygen atoms in total. The molecule has 264 valence electrons. The van der Waals surface area contributed by atoms with Gasteiger partial charge in [-0.15, -0.1) is 6.58 Å². The molecule has 2 heterocycles. The largest absolute Gasteiger partial charge is 0.462 e. The third kappa shape index (κ3) is 7.65. The molecule has 0 unspecified atom stereocenters. The number of ether oxygens (including phenoxy) is 1. The van der Waals surface area contributed by atoms with Crippen molar-refractivity contribution >= 4 is 50.6 Å². The molecule has 0 spiro atoms. The normalized spacial score (nSPS) is 24.8. The molecule has 2 amide bonds. The number of hydrogen-bond donors (Lipinski definition) is 1. The van der Waals surface area contributed by atoms with E-state index >= 15 is 0 Å². The zero-order valence-corrected chi connectivity index (χ0v) is 30.2. The highest BCUT2D eigenvalue weighted by Crippen LogP contribution is 2.57. The van der Waals surface area contributed by atoms with E-state index in [-0.39, 0.29) is 49.8 Å². The maximum Gasteiger partial charge on any atom is 0.306 e. The molecule has 12 heteroatoms. The first-order valence-electron chi connectivity index (χ1n) is 17.3. The summed E-state index contributed by atoms with van der Waals surface area (Å²) in [7, 11) is -3.81. The average molecular weight is 710 g/mol. The van der Waals surface area contributed by atoms with Gasteiger partial charge in [0, 0.05) is 18.7 Å². The zero-order valence-electron chi connectivity index (χ0n) is 28.6. The summed E-state index contributed by atoms with van der Waals surface area (Å²) < 4.78 is 33.4. The summed E-state index contributed by atoms with van der Waals surface area (Å²) in [6.07, 6.45) is 6.14. The van der Waals surface area contributed by atoms with Crippen LogP contribution in [0.2, 0.25) is 0 Å². The van der Waals surface area contributed by atoms with Crippen LogP contribution in [-0.4, -0.2) is 67.5 Å². The molecule has 4 atom stereocenters. The highest BCUT2D eigenvalue weighted by atomic mass is 32.2. The molecule has 1 aromatic heterocycles. The Labute approximate surface area is 293 Å². The molecule has 4 aliphatic rings. The number of esters is 1. The number of Topliss-reactive ketones (excluding diaryl/α,β-unsaturated/α-hetero) is 1. The molecule has 1 N–H and O–H groups in total. The van der Waals surface area contributed by atoms with Gasteiger partial charge in [-0.05, 0) is 96.4 Å². The SMILES string of the molecule is C=C[C@@H]1C[C@]1(CC(=O)[C@@H]1CN(c2ccc(-c3ccsc3)cc2)CN1C(=O)[C@@H](CC(=O)OC1CCCC1)C(C)(C)C)C(=O)NS(=O)(=O)C1CC1. The van der Waals surface area contributed by atoms with E-state index in [2.05, 4.69) is 16.7 Å². The summed E-state index contributed by atoms with van der Waals surface area (Å²) in [5.74, 6) is -2.85. The Morgan fingerprint density at radius 2 is 1.76 bits per heavy atom. The van der Waals surface area contributed by atoms with Crippen LogP contribution in [0.5, 0.6) is 0 Å². The second-order valence-electron chi connectivity index (χ2n) is 15.3. The van der Waals surface area contributed by atoms with Crippen LogP contribution in [0.25, 0.3) is 11.1 Å². The predicted octanol–water partition coefficient (Wildman–Crippen LogP) is 5.69. The van der Waals surface area contributed by atoms with E-state index < -0.39 is 49.9 Å². The van der Waals surface area contributed by atoms with Gasteiger partial charge in [-0.1, -0.05) is 39.0 Å². The second kappa shape index (κ2) is 13.7. The third-order valence-electron chi connectivity index (χ3n) is 10.7. The highest BCUT2D eigenvalue weighted by Gasteiger charge is 2.61. The first-order chi connectivity index (χ1) is 23.2. The summed E-state index contributed by atoms with van der Waals surface area (Å²) in [4.78, 5) is 59.0. The van der Waals surface area contributed by atoms with E-state index in [0.717, 1.165) is 42.5 Å². The van der Waals surface area contributed by atoms with Crippen molar-refractivity contribution in [3.63, 3.8) is 0 Å². The number of carbonyl (C=O) groups is 4. The van der Waals surface area contributed by atoms with E-state index in [0.29, 0.717) is 19.3 Å². The minimum Gasteiger partial charge on any atom is -0.462 e. The fourth-order valence-corrected chi connectivity index (χ4v) is 9.36. The van der Waals surface area contributed by atoms with Gasteiger partial charge in [0.2, 0.25) is 21.8 Å². The van der Waals surface area contributed by atoms with Crippen molar-refractivity contribution in [3.05, 3.63) is 53.7 Å². The molecule has 3 saturated carbocycles. The molecule has 3 aliphatic carbocycles. The highest BCUT2D eigenvalue weighted by molar-refractivity contribution is 7.90. The number of amides is 2. The Bertz CT molecular complexity index is 1690. The molecule has 0 radical (unpaired) electrons. The molecule has 2 aromatic rings. The lowest BCUT2D eigenvalue weighted by molar-refractivity contribution is -0.156. The van der Waals surface area contributed by atoms with Crippen LogP contribution in [0, 0.1) is 22.7 Å². The number of benzene rings is 1. The van der Waals surface area contributed by atoms with Gasteiger partial charge in [0.25, 0.3) is 0 Å². The van der Waals surface area contributed by atoms with Gasteiger partial charge in [0.05, 0.1) is 29.7 Å². The molecule has 1 aliphatic heterocycles. The van der Waals surface area contributed by atoms with Gasteiger partial charge in [0.15, 0.2) is 5.78 Å². The molecular weight excluding hydrogens is 663 g/mol. The quantitative estimate of drug-likeness (QED) is 0.208. The molecule has 6 rings (SSSR count). The van der Waals surface area contributed by atoms with E-state index in [1.54, 1.807) is 22.3 Å². The number of nitrogens with zero attached hydrogens (tertiary/aromatic N) is 2. The maximum atomic E-state index is 14.5. The summed E-state index contributed by atoms with van der Waals surface area (Å²) in [6.45, 7) is 9.87. The van der Waals surface area contributed by atoms with Crippen LogP contribution in [0.4, 0.5) is 5.69 Å². The van der Waals surface area contributed by atoms with Crippen LogP contribution >= 0.6 is 11.3 Å². The number of sulfonamides is 1. The van der Waals surface area contributed by atoms with Crippen LogP contribution < -0.4 is 9.62 Å².